The van der Waals surface area contributed by atoms with Crippen LogP contribution in [0.25, 0.3) is 0 Å². The number of hydrogen-bond donors (Lipinski definition) is 1. The van der Waals surface area contributed by atoms with Gasteiger partial charge < -0.3 is 10.6 Å². The summed E-state index contributed by atoms with van der Waals surface area (Å²) in [7, 11) is 0. The number of hydrogen-bond acceptors (Lipinski definition) is 2. The van der Waals surface area contributed by atoms with Crippen LogP contribution in [-0.2, 0) is 0 Å². The van der Waals surface area contributed by atoms with Gasteiger partial charge in [0, 0.05) is 24.7 Å². The lowest BCUT2D eigenvalue weighted by Gasteiger charge is -2.26. The zero-order chi connectivity index (χ0) is 11.3. The van der Waals surface area contributed by atoms with Crippen molar-refractivity contribution in [2.24, 2.45) is 5.73 Å². The van der Waals surface area contributed by atoms with E-state index in [1.807, 2.05) is 44.2 Å². The Kier molecular flexibility index (Phi) is 4.31. The standard InChI is InChI=1S/C12H18N2O/c1-10(2)14(9-8-13)12(15)11-6-4-3-5-7-11/h3-7,10H,8-9,13H2,1-2H3. The number of rotatable bonds is 4. The zero-order valence-electron chi connectivity index (χ0n) is 9.31. The molecule has 15 heavy (non-hydrogen) atoms. The van der Waals surface area contributed by atoms with Gasteiger partial charge in [0.2, 0.25) is 0 Å². The summed E-state index contributed by atoms with van der Waals surface area (Å²) in [5.41, 5.74) is 6.21. The average Bonchev–Trinajstić information content (AvgIpc) is 2.26. The SMILES string of the molecule is CC(C)N(CCN)C(=O)c1ccccc1. The van der Waals surface area contributed by atoms with Gasteiger partial charge in [-0.3, -0.25) is 4.79 Å². The fourth-order valence-electron chi connectivity index (χ4n) is 1.48. The van der Waals surface area contributed by atoms with Crippen LogP contribution in [0, 0.1) is 0 Å². The molecule has 0 aliphatic rings. The molecule has 0 bridgehead atoms. The smallest absolute Gasteiger partial charge is 0.254 e. The quantitative estimate of drug-likeness (QED) is 0.811. The fraction of sp³-hybridized carbons (Fsp3) is 0.417. The van der Waals surface area contributed by atoms with Crippen molar-refractivity contribution in [2.75, 3.05) is 13.1 Å². The van der Waals surface area contributed by atoms with E-state index in [0.29, 0.717) is 13.1 Å². The first-order valence-corrected chi connectivity index (χ1v) is 5.23. The lowest BCUT2D eigenvalue weighted by atomic mass is 10.1. The second kappa shape index (κ2) is 5.51. The van der Waals surface area contributed by atoms with Gasteiger partial charge in [0.15, 0.2) is 0 Å². The minimum absolute atomic E-state index is 0.0519. The van der Waals surface area contributed by atoms with Crippen molar-refractivity contribution in [3.8, 4) is 0 Å². The van der Waals surface area contributed by atoms with Crippen LogP contribution >= 0.6 is 0 Å². The van der Waals surface area contributed by atoms with E-state index in [2.05, 4.69) is 0 Å². The third kappa shape index (κ3) is 3.06. The molecule has 0 saturated carbocycles. The Morgan fingerprint density at radius 1 is 1.33 bits per heavy atom. The molecule has 0 saturated heterocycles. The van der Waals surface area contributed by atoms with Crippen molar-refractivity contribution < 1.29 is 4.79 Å². The Bertz CT molecular complexity index is 309. The summed E-state index contributed by atoms with van der Waals surface area (Å²) in [6.07, 6.45) is 0. The number of nitrogens with two attached hydrogens (primary N) is 1. The van der Waals surface area contributed by atoms with Gasteiger partial charge in [-0.25, -0.2) is 0 Å². The van der Waals surface area contributed by atoms with E-state index >= 15 is 0 Å². The van der Waals surface area contributed by atoms with Gasteiger partial charge in [-0.1, -0.05) is 18.2 Å². The van der Waals surface area contributed by atoms with Crippen molar-refractivity contribution in [2.45, 2.75) is 19.9 Å². The van der Waals surface area contributed by atoms with Gasteiger partial charge in [0.25, 0.3) is 5.91 Å². The molecule has 1 aromatic carbocycles. The van der Waals surface area contributed by atoms with Gasteiger partial charge in [0.1, 0.15) is 0 Å². The number of carbonyl (C=O) groups is 1. The molecule has 0 aliphatic heterocycles. The van der Waals surface area contributed by atoms with Gasteiger partial charge >= 0.3 is 0 Å². The van der Waals surface area contributed by atoms with E-state index in [9.17, 15) is 4.79 Å². The van der Waals surface area contributed by atoms with E-state index in [4.69, 9.17) is 5.73 Å². The molecule has 2 N–H and O–H groups in total. The van der Waals surface area contributed by atoms with Gasteiger partial charge in [0.05, 0.1) is 0 Å². The lowest BCUT2D eigenvalue weighted by molar-refractivity contribution is 0.0712. The van der Waals surface area contributed by atoms with Crippen LogP contribution in [0.5, 0.6) is 0 Å². The molecule has 1 amide bonds. The first kappa shape index (κ1) is 11.7. The summed E-state index contributed by atoms with van der Waals surface area (Å²) < 4.78 is 0. The molecule has 0 aromatic heterocycles. The summed E-state index contributed by atoms with van der Waals surface area (Å²) in [4.78, 5) is 13.8. The highest BCUT2D eigenvalue weighted by molar-refractivity contribution is 5.94. The topological polar surface area (TPSA) is 46.3 Å². The predicted molar refractivity (Wildman–Crippen MR) is 61.7 cm³/mol. The van der Waals surface area contributed by atoms with Crippen LogP contribution < -0.4 is 5.73 Å². The monoisotopic (exact) mass is 206 g/mol. The van der Waals surface area contributed by atoms with Gasteiger partial charge in [-0.2, -0.15) is 0 Å². The Morgan fingerprint density at radius 3 is 2.40 bits per heavy atom. The van der Waals surface area contributed by atoms with Gasteiger partial charge in [-0.05, 0) is 26.0 Å². The summed E-state index contributed by atoms with van der Waals surface area (Å²) in [5.74, 6) is 0.0519. The van der Waals surface area contributed by atoms with Gasteiger partial charge in [-0.15, -0.1) is 0 Å². The average molecular weight is 206 g/mol. The minimum atomic E-state index is 0.0519. The van der Waals surface area contributed by atoms with Crippen LogP contribution in [0.1, 0.15) is 24.2 Å². The molecule has 1 rings (SSSR count). The summed E-state index contributed by atoms with van der Waals surface area (Å²) in [5, 5.41) is 0. The number of benzene rings is 1. The second-order valence-electron chi connectivity index (χ2n) is 3.75. The zero-order valence-corrected chi connectivity index (χ0v) is 9.31. The molecule has 3 nitrogen and oxygen atoms in total. The molecule has 1 aromatic rings. The lowest BCUT2D eigenvalue weighted by Crippen LogP contribution is -2.40. The van der Waals surface area contributed by atoms with E-state index in [-0.39, 0.29) is 11.9 Å². The Morgan fingerprint density at radius 2 is 1.93 bits per heavy atom. The normalized spacial score (nSPS) is 10.4. The van der Waals surface area contributed by atoms with E-state index in [1.165, 1.54) is 0 Å². The highest BCUT2D eigenvalue weighted by atomic mass is 16.2. The van der Waals surface area contributed by atoms with Crippen molar-refractivity contribution in [1.29, 1.82) is 0 Å². The molecule has 0 aliphatic carbocycles. The Labute approximate surface area is 90.9 Å². The van der Waals surface area contributed by atoms with Crippen LogP contribution in [0.3, 0.4) is 0 Å². The molecule has 0 heterocycles. The maximum Gasteiger partial charge on any atom is 0.254 e. The van der Waals surface area contributed by atoms with Crippen LogP contribution in [-0.4, -0.2) is 29.9 Å². The summed E-state index contributed by atoms with van der Waals surface area (Å²) >= 11 is 0. The molecule has 0 radical (unpaired) electrons. The number of carbonyl (C=O) groups excluding carboxylic acids is 1. The third-order valence-corrected chi connectivity index (χ3v) is 2.27. The Balaban J connectivity index is 2.81. The van der Waals surface area contributed by atoms with Crippen LogP contribution in [0.4, 0.5) is 0 Å². The molecule has 0 spiro atoms. The van der Waals surface area contributed by atoms with Crippen molar-refractivity contribution in [3.63, 3.8) is 0 Å². The van der Waals surface area contributed by atoms with Crippen molar-refractivity contribution in [3.05, 3.63) is 35.9 Å². The first-order valence-electron chi connectivity index (χ1n) is 5.23. The molecular weight excluding hydrogens is 188 g/mol. The molecule has 0 fully saturated rings. The predicted octanol–water partition coefficient (Wildman–Crippen LogP) is 1.50. The van der Waals surface area contributed by atoms with E-state index in [1.54, 1.807) is 4.90 Å². The molecular formula is C12H18N2O. The molecule has 0 unspecified atom stereocenters. The molecule has 82 valence electrons. The minimum Gasteiger partial charge on any atom is -0.335 e. The maximum atomic E-state index is 12.0. The largest absolute Gasteiger partial charge is 0.335 e. The fourth-order valence-corrected chi connectivity index (χ4v) is 1.48. The highest BCUT2D eigenvalue weighted by Gasteiger charge is 2.16. The highest BCUT2D eigenvalue weighted by Crippen LogP contribution is 2.07. The van der Waals surface area contributed by atoms with Crippen molar-refractivity contribution in [1.82, 2.24) is 4.90 Å². The Hall–Kier alpha value is -1.35. The molecule has 0 atom stereocenters. The third-order valence-electron chi connectivity index (χ3n) is 2.27. The van der Waals surface area contributed by atoms with Crippen molar-refractivity contribution >= 4 is 5.91 Å². The number of amides is 1. The summed E-state index contributed by atoms with van der Waals surface area (Å²) in [6.45, 7) is 5.09. The second-order valence-corrected chi connectivity index (χ2v) is 3.75. The summed E-state index contributed by atoms with van der Waals surface area (Å²) in [6, 6.07) is 9.48. The van der Waals surface area contributed by atoms with Crippen LogP contribution in [0.15, 0.2) is 30.3 Å². The van der Waals surface area contributed by atoms with E-state index < -0.39 is 0 Å². The first-order chi connectivity index (χ1) is 7.16. The van der Waals surface area contributed by atoms with Crippen LogP contribution in [0.2, 0.25) is 0 Å². The number of nitrogens with zero attached hydrogens (tertiary/aromatic N) is 1. The van der Waals surface area contributed by atoms with E-state index in [0.717, 1.165) is 5.56 Å². The maximum absolute atomic E-state index is 12.0. The molecule has 3 heteroatoms.